The maximum absolute atomic E-state index is 11.4. The Balaban J connectivity index is 2.17. The Morgan fingerprint density at radius 2 is 2.00 bits per heavy atom. The van der Waals surface area contributed by atoms with Crippen LogP contribution in [0.25, 0.3) is 0 Å². The van der Waals surface area contributed by atoms with E-state index >= 15 is 0 Å². The van der Waals surface area contributed by atoms with Crippen LogP contribution in [0.4, 0.5) is 0 Å². The number of benzene rings is 1. The van der Waals surface area contributed by atoms with E-state index in [1.807, 2.05) is 25.1 Å². The number of nitrogens with zero attached hydrogens (tertiary/aromatic N) is 1. The van der Waals surface area contributed by atoms with Gasteiger partial charge in [-0.15, -0.1) is 0 Å². The van der Waals surface area contributed by atoms with E-state index in [4.69, 9.17) is 5.73 Å². The number of hydrogen-bond acceptors (Lipinski definition) is 3. The van der Waals surface area contributed by atoms with Crippen LogP contribution < -0.4 is 11.1 Å². The van der Waals surface area contributed by atoms with Crippen molar-refractivity contribution in [3.8, 4) is 0 Å². The van der Waals surface area contributed by atoms with E-state index in [0.29, 0.717) is 13.0 Å². The zero-order valence-corrected chi connectivity index (χ0v) is 10.8. The molecule has 2 rings (SSSR count). The molecule has 0 saturated carbocycles. The summed E-state index contributed by atoms with van der Waals surface area (Å²) in [6, 6.07) is 10.5. The molecule has 1 amide bonds. The fourth-order valence-corrected chi connectivity index (χ4v) is 2.56. The quantitative estimate of drug-likeness (QED) is 0.834. The lowest BCUT2D eigenvalue weighted by Crippen LogP contribution is -2.41. The fourth-order valence-electron chi connectivity index (χ4n) is 2.56. The number of rotatable bonds is 3. The molecule has 0 bridgehead atoms. The average molecular weight is 247 g/mol. The summed E-state index contributed by atoms with van der Waals surface area (Å²) in [7, 11) is 0. The Bertz CT molecular complexity index is 391. The normalized spacial score (nSPS) is 20.9. The molecule has 1 aliphatic heterocycles. The molecule has 1 aromatic rings. The maximum atomic E-state index is 11.4. The number of carbonyl (C=O) groups is 1. The van der Waals surface area contributed by atoms with Crippen molar-refractivity contribution in [2.45, 2.75) is 25.4 Å². The summed E-state index contributed by atoms with van der Waals surface area (Å²) in [5, 5.41) is 2.90. The van der Waals surface area contributed by atoms with Gasteiger partial charge in [0, 0.05) is 38.1 Å². The first-order chi connectivity index (χ1) is 8.68. The summed E-state index contributed by atoms with van der Waals surface area (Å²) in [6.45, 7) is 4.35. The van der Waals surface area contributed by atoms with Crippen LogP contribution in [0.3, 0.4) is 0 Å². The molecular formula is C14H21N3O. The minimum atomic E-state index is 0.0422. The first kappa shape index (κ1) is 13.1. The second kappa shape index (κ2) is 5.98. The van der Waals surface area contributed by atoms with Crippen LogP contribution >= 0.6 is 0 Å². The van der Waals surface area contributed by atoms with E-state index in [-0.39, 0.29) is 18.0 Å². The number of nitrogens with one attached hydrogen (secondary N) is 1. The molecule has 18 heavy (non-hydrogen) atoms. The molecule has 1 heterocycles. The third-order valence-electron chi connectivity index (χ3n) is 3.38. The number of amides is 1. The number of hydrogen-bond donors (Lipinski definition) is 2. The second-order valence-corrected chi connectivity index (χ2v) is 4.85. The zero-order chi connectivity index (χ0) is 13.0. The molecule has 0 radical (unpaired) electrons. The summed E-state index contributed by atoms with van der Waals surface area (Å²) < 4.78 is 0. The van der Waals surface area contributed by atoms with Gasteiger partial charge in [-0.1, -0.05) is 30.3 Å². The molecule has 0 spiro atoms. The predicted molar refractivity (Wildman–Crippen MR) is 72.0 cm³/mol. The van der Waals surface area contributed by atoms with Gasteiger partial charge in [-0.2, -0.15) is 0 Å². The molecule has 0 aromatic heterocycles. The van der Waals surface area contributed by atoms with Crippen LogP contribution in [0.2, 0.25) is 0 Å². The topological polar surface area (TPSA) is 58.4 Å². The highest BCUT2D eigenvalue weighted by Gasteiger charge is 2.25. The van der Waals surface area contributed by atoms with Crippen LogP contribution in [0.5, 0.6) is 0 Å². The minimum Gasteiger partial charge on any atom is -0.355 e. The lowest BCUT2D eigenvalue weighted by Gasteiger charge is -2.33. The van der Waals surface area contributed by atoms with E-state index in [2.05, 4.69) is 22.3 Å². The highest BCUT2D eigenvalue weighted by Crippen LogP contribution is 2.23. The first-order valence-electron chi connectivity index (χ1n) is 6.50. The lowest BCUT2D eigenvalue weighted by molar-refractivity contribution is -0.120. The van der Waals surface area contributed by atoms with Gasteiger partial charge in [-0.3, -0.25) is 9.69 Å². The summed E-state index contributed by atoms with van der Waals surface area (Å²) in [5.74, 6) is 0.133. The van der Waals surface area contributed by atoms with Gasteiger partial charge in [0.15, 0.2) is 0 Å². The zero-order valence-electron chi connectivity index (χ0n) is 10.8. The highest BCUT2D eigenvalue weighted by molar-refractivity contribution is 5.76. The highest BCUT2D eigenvalue weighted by atomic mass is 16.1. The van der Waals surface area contributed by atoms with Gasteiger partial charge in [0.1, 0.15) is 0 Å². The van der Waals surface area contributed by atoms with Gasteiger partial charge >= 0.3 is 0 Å². The van der Waals surface area contributed by atoms with Gasteiger partial charge < -0.3 is 11.1 Å². The number of nitrogens with two attached hydrogens (primary N) is 1. The molecule has 98 valence electrons. The van der Waals surface area contributed by atoms with Crippen LogP contribution in [-0.4, -0.2) is 36.5 Å². The van der Waals surface area contributed by atoms with E-state index in [0.717, 1.165) is 13.1 Å². The Labute approximate surface area is 108 Å². The number of carbonyl (C=O) groups excluding carboxylic acids is 1. The summed E-state index contributed by atoms with van der Waals surface area (Å²) in [4.78, 5) is 13.7. The monoisotopic (exact) mass is 247 g/mol. The van der Waals surface area contributed by atoms with E-state index in [1.165, 1.54) is 5.56 Å². The lowest BCUT2D eigenvalue weighted by atomic mass is 9.99. The molecule has 4 heteroatoms. The fraction of sp³-hybridized carbons (Fsp3) is 0.500. The van der Waals surface area contributed by atoms with Crippen molar-refractivity contribution < 1.29 is 4.79 Å². The van der Waals surface area contributed by atoms with Crippen molar-refractivity contribution in [3.05, 3.63) is 35.9 Å². The molecule has 1 aromatic carbocycles. The predicted octanol–water partition coefficient (Wildman–Crippen LogP) is 0.897. The van der Waals surface area contributed by atoms with E-state index < -0.39 is 0 Å². The standard InChI is InChI=1S/C14H21N3O/c1-11(15)14(12-5-3-2-4-6-12)17-9-7-13(18)16-8-10-17/h2-6,11,14H,7-10,15H2,1H3,(H,16,18). The molecule has 2 atom stereocenters. The Morgan fingerprint density at radius 3 is 2.67 bits per heavy atom. The van der Waals surface area contributed by atoms with Crippen molar-refractivity contribution in [1.29, 1.82) is 0 Å². The Kier molecular flexibility index (Phi) is 4.33. The van der Waals surface area contributed by atoms with Crippen molar-refractivity contribution in [2.75, 3.05) is 19.6 Å². The van der Waals surface area contributed by atoms with Gasteiger partial charge in [-0.05, 0) is 12.5 Å². The second-order valence-electron chi connectivity index (χ2n) is 4.85. The van der Waals surface area contributed by atoms with Gasteiger partial charge in [-0.25, -0.2) is 0 Å². The summed E-state index contributed by atoms with van der Waals surface area (Å²) in [5.41, 5.74) is 7.36. The SMILES string of the molecule is CC(N)C(c1ccccc1)N1CCNC(=O)CC1. The average Bonchev–Trinajstić information content (AvgIpc) is 2.56. The largest absolute Gasteiger partial charge is 0.355 e. The van der Waals surface area contributed by atoms with Crippen LogP contribution in [0, 0.1) is 0 Å². The first-order valence-corrected chi connectivity index (χ1v) is 6.50. The molecule has 2 unspecified atom stereocenters. The van der Waals surface area contributed by atoms with Crippen molar-refractivity contribution >= 4 is 5.91 Å². The van der Waals surface area contributed by atoms with Crippen LogP contribution in [0.1, 0.15) is 24.9 Å². The molecular weight excluding hydrogens is 226 g/mol. The molecule has 3 N–H and O–H groups in total. The third kappa shape index (κ3) is 3.09. The molecule has 1 saturated heterocycles. The van der Waals surface area contributed by atoms with Crippen LogP contribution in [-0.2, 0) is 4.79 Å². The Morgan fingerprint density at radius 1 is 1.28 bits per heavy atom. The molecule has 1 aliphatic rings. The molecule has 0 aliphatic carbocycles. The summed E-state index contributed by atoms with van der Waals surface area (Å²) in [6.07, 6.45) is 0.552. The van der Waals surface area contributed by atoms with Crippen LogP contribution in [0.15, 0.2) is 30.3 Å². The third-order valence-corrected chi connectivity index (χ3v) is 3.38. The minimum absolute atomic E-state index is 0.0422. The molecule has 1 fully saturated rings. The van der Waals surface area contributed by atoms with Crippen molar-refractivity contribution in [3.63, 3.8) is 0 Å². The van der Waals surface area contributed by atoms with Gasteiger partial charge in [0.2, 0.25) is 5.91 Å². The maximum Gasteiger partial charge on any atom is 0.221 e. The van der Waals surface area contributed by atoms with Crippen molar-refractivity contribution in [2.24, 2.45) is 5.73 Å². The van der Waals surface area contributed by atoms with Crippen molar-refractivity contribution in [1.82, 2.24) is 10.2 Å². The Hall–Kier alpha value is -1.39. The van der Waals surface area contributed by atoms with E-state index in [1.54, 1.807) is 0 Å². The molecule has 4 nitrogen and oxygen atoms in total. The van der Waals surface area contributed by atoms with Gasteiger partial charge in [0.25, 0.3) is 0 Å². The van der Waals surface area contributed by atoms with Gasteiger partial charge in [0.05, 0.1) is 0 Å². The summed E-state index contributed by atoms with van der Waals surface area (Å²) >= 11 is 0. The smallest absolute Gasteiger partial charge is 0.221 e. The van der Waals surface area contributed by atoms with E-state index in [9.17, 15) is 4.79 Å².